The van der Waals surface area contributed by atoms with Crippen LogP contribution in [-0.4, -0.2) is 10.5 Å². The summed E-state index contributed by atoms with van der Waals surface area (Å²) in [6.45, 7) is 16.7. The summed E-state index contributed by atoms with van der Waals surface area (Å²) in [5.41, 5.74) is 10.2. The van der Waals surface area contributed by atoms with Gasteiger partial charge in [-0.3, -0.25) is 4.79 Å². The number of fused-ring (bicyclic) bond motifs is 1. The summed E-state index contributed by atoms with van der Waals surface area (Å²) in [6.07, 6.45) is 7.89. The normalized spacial score (nSPS) is 20.8. The fourth-order valence-corrected chi connectivity index (χ4v) is 3.87. The molecule has 1 aromatic rings. The van der Waals surface area contributed by atoms with Crippen molar-refractivity contribution in [1.82, 2.24) is 4.57 Å². The first-order valence-electron chi connectivity index (χ1n) is 9.62. The molecule has 1 amide bonds. The second-order valence-electron chi connectivity index (χ2n) is 6.95. The topological polar surface area (TPSA) is 57.2 Å². The SMILES string of the molecule is C=C/C=C1\C(=C/C)OC(C)(C)c2c(C3CC3)c(C(N)=O)n(CC)c21.CC. The van der Waals surface area contributed by atoms with E-state index in [1.165, 1.54) is 0 Å². The van der Waals surface area contributed by atoms with Gasteiger partial charge in [0, 0.05) is 17.7 Å². The second-order valence-corrected chi connectivity index (χ2v) is 6.95. The van der Waals surface area contributed by atoms with Gasteiger partial charge < -0.3 is 15.0 Å². The highest BCUT2D eigenvalue weighted by Gasteiger charge is 2.45. The van der Waals surface area contributed by atoms with Gasteiger partial charge in [-0.25, -0.2) is 0 Å². The van der Waals surface area contributed by atoms with E-state index >= 15 is 0 Å². The third-order valence-corrected chi connectivity index (χ3v) is 4.87. The molecule has 0 atom stereocenters. The monoisotopic (exact) mass is 356 g/mol. The third-order valence-electron chi connectivity index (χ3n) is 4.87. The number of carbonyl (C=O) groups excluding carboxylic acids is 1. The molecule has 2 heterocycles. The maximum Gasteiger partial charge on any atom is 0.265 e. The van der Waals surface area contributed by atoms with Crippen molar-refractivity contribution >= 4 is 11.5 Å². The zero-order valence-corrected chi connectivity index (χ0v) is 17.0. The fraction of sp³-hybridized carbons (Fsp3) is 0.500. The number of aromatic nitrogens is 1. The van der Waals surface area contributed by atoms with Crippen LogP contribution in [0.2, 0.25) is 0 Å². The van der Waals surface area contributed by atoms with E-state index in [4.69, 9.17) is 10.5 Å². The summed E-state index contributed by atoms with van der Waals surface area (Å²) in [6, 6.07) is 0. The van der Waals surface area contributed by atoms with Crippen LogP contribution in [0.1, 0.15) is 87.6 Å². The molecule has 1 fully saturated rings. The average molecular weight is 357 g/mol. The molecule has 1 aliphatic heterocycles. The standard InChI is InChI=1S/C20H26N2O2.C2H6/c1-6-9-13-14(7-2)24-20(4,5)16-15(12-10-11-12)18(19(21)23)22(8-3)17(13)16;1-2/h6-7,9,12H,1,8,10-11H2,2-5H3,(H2,21,23);1-2H3/b13-9+,14-7+;. The molecule has 0 saturated heterocycles. The van der Waals surface area contributed by atoms with Crippen LogP contribution < -0.4 is 5.73 Å². The Balaban J connectivity index is 0.00000117. The summed E-state index contributed by atoms with van der Waals surface area (Å²) < 4.78 is 8.37. The first-order valence-corrected chi connectivity index (χ1v) is 9.62. The summed E-state index contributed by atoms with van der Waals surface area (Å²) >= 11 is 0. The minimum atomic E-state index is -0.502. The van der Waals surface area contributed by atoms with Crippen molar-refractivity contribution in [2.45, 2.75) is 72.4 Å². The summed E-state index contributed by atoms with van der Waals surface area (Å²) in [4.78, 5) is 12.3. The molecular weight excluding hydrogens is 324 g/mol. The highest BCUT2D eigenvalue weighted by Crippen LogP contribution is 2.53. The number of hydrogen-bond donors (Lipinski definition) is 1. The lowest BCUT2D eigenvalue weighted by molar-refractivity contribution is 0.0341. The van der Waals surface area contributed by atoms with Crippen LogP contribution in [-0.2, 0) is 16.9 Å². The Hall–Kier alpha value is -2.23. The first kappa shape index (κ1) is 20.1. The largest absolute Gasteiger partial charge is 0.483 e. The van der Waals surface area contributed by atoms with Crippen LogP contribution in [0.3, 0.4) is 0 Å². The second kappa shape index (κ2) is 7.56. The molecule has 0 bridgehead atoms. The van der Waals surface area contributed by atoms with E-state index in [0.29, 0.717) is 18.2 Å². The van der Waals surface area contributed by atoms with Gasteiger partial charge in [-0.1, -0.05) is 26.5 Å². The molecule has 0 aromatic carbocycles. The van der Waals surface area contributed by atoms with Crippen LogP contribution in [0.25, 0.3) is 5.57 Å². The van der Waals surface area contributed by atoms with Gasteiger partial charge in [-0.15, -0.1) is 0 Å². The zero-order chi connectivity index (χ0) is 19.6. The number of carbonyl (C=O) groups is 1. The van der Waals surface area contributed by atoms with E-state index in [1.54, 1.807) is 6.08 Å². The van der Waals surface area contributed by atoms with Gasteiger partial charge in [0.15, 0.2) is 0 Å². The number of nitrogens with zero attached hydrogens (tertiary/aromatic N) is 1. The number of hydrogen-bond acceptors (Lipinski definition) is 2. The Bertz CT molecular complexity index is 775. The Morgan fingerprint density at radius 1 is 1.38 bits per heavy atom. The number of rotatable bonds is 4. The lowest BCUT2D eigenvalue weighted by Crippen LogP contribution is -2.29. The number of amides is 1. The van der Waals surface area contributed by atoms with Gasteiger partial charge in [0.05, 0.1) is 5.69 Å². The van der Waals surface area contributed by atoms with Crippen molar-refractivity contribution < 1.29 is 9.53 Å². The van der Waals surface area contributed by atoms with Crippen molar-refractivity contribution in [1.29, 1.82) is 0 Å². The fourth-order valence-electron chi connectivity index (χ4n) is 3.87. The molecule has 0 spiro atoms. The summed E-state index contributed by atoms with van der Waals surface area (Å²) in [5, 5.41) is 0. The molecule has 1 aromatic heterocycles. The molecule has 2 aliphatic rings. The molecule has 142 valence electrons. The maximum absolute atomic E-state index is 12.3. The molecule has 1 saturated carbocycles. The number of nitrogens with two attached hydrogens (primary N) is 1. The smallest absolute Gasteiger partial charge is 0.265 e. The van der Waals surface area contributed by atoms with Crippen LogP contribution in [0, 0.1) is 0 Å². The highest BCUT2D eigenvalue weighted by atomic mass is 16.5. The van der Waals surface area contributed by atoms with Crippen molar-refractivity contribution in [2.24, 2.45) is 5.73 Å². The van der Waals surface area contributed by atoms with E-state index in [-0.39, 0.29) is 5.91 Å². The zero-order valence-electron chi connectivity index (χ0n) is 17.0. The number of allylic oxidation sites excluding steroid dienone is 4. The van der Waals surface area contributed by atoms with Gasteiger partial charge in [0.25, 0.3) is 5.91 Å². The minimum absolute atomic E-state index is 0.357. The molecule has 3 rings (SSSR count). The van der Waals surface area contributed by atoms with Crippen molar-refractivity contribution in [3.8, 4) is 0 Å². The Morgan fingerprint density at radius 2 is 2.00 bits per heavy atom. The van der Waals surface area contributed by atoms with E-state index in [2.05, 4.69) is 25.0 Å². The van der Waals surface area contributed by atoms with Crippen LogP contribution >= 0.6 is 0 Å². The van der Waals surface area contributed by atoms with Crippen molar-refractivity contribution in [2.75, 3.05) is 0 Å². The van der Waals surface area contributed by atoms with E-state index in [9.17, 15) is 4.79 Å². The van der Waals surface area contributed by atoms with Crippen LogP contribution in [0.4, 0.5) is 0 Å². The molecule has 2 N–H and O–H groups in total. The summed E-state index contributed by atoms with van der Waals surface area (Å²) in [5.74, 6) is 0.871. The summed E-state index contributed by atoms with van der Waals surface area (Å²) in [7, 11) is 0. The molecular formula is C22H32N2O2. The maximum atomic E-state index is 12.3. The van der Waals surface area contributed by atoms with Gasteiger partial charge in [-0.05, 0) is 64.2 Å². The molecule has 26 heavy (non-hydrogen) atoms. The quantitative estimate of drug-likeness (QED) is 0.801. The van der Waals surface area contributed by atoms with Crippen LogP contribution in [0.15, 0.2) is 30.6 Å². The Labute approximate surface area is 157 Å². The van der Waals surface area contributed by atoms with Gasteiger partial charge >= 0.3 is 0 Å². The van der Waals surface area contributed by atoms with Crippen molar-refractivity contribution in [3.63, 3.8) is 0 Å². The lowest BCUT2D eigenvalue weighted by atomic mass is 9.85. The first-order chi connectivity index (χ1) is 12.4. The van der Waals surface area contributed by atoms with E-state index in [1.807, 2.05) is 39.8 Å². The lowest BCUT2D eigenvalue weighted by Gasteiger charge is -2.36. The van der Waals surface area contributed by atoms with E-state index in [0.717, 1.165) is 41.0 Å². The third kappa shape index (κ3) is 3.13. The minimum Gasteiger partial charge on any atom is -0.483 e. The van der Waals surface area contributed by atoms with E-state index < -0.39 is 5.60 Å². The predicted molar refractivity (Wildman–Crippen MR) is 108 cm³/mol. The van der Waals surface area contributed by atoms with Crippen LogP contribution in [0.5, 0.6) is 0 Å². The van der Waals surface area contributed by atoms with Crippen molar-refractivity contribution in [3.05, 3.63) is 53.1 Å². The van der Waals surface area contributed by atoms with Gasteiger partial charge in [-0.2, -0.15) is 0 Å². The molecule has 1 aliphatic carbocycles. The Kier molecular flexibility index (Phi) is 5.84. The molecule has 4 heteroatoms. The number of primary amides is 1. The number of ether oxygens (including phenoxy) is 1. The predicted octanol–water partition coefficient (Wildman–Crippen LogP) is 5.25. The highest BCUT2D eigenvalue weighted by molar-refractivity contribution is 5.96. The molecule has 0 unspecified atom stereocenters. The molecule has 4 nitrogen and oxygen atoms in total. The Morgan fingerprint density at radius 3 is 2.42 bits per heavy atom. The van der Waals surface area contributed by atoms with Gasteiger partial charge in [0.2, 0.25) is 0 Å². The average Bonchev–Trinajstić information content (AvgIpc) is 3.38. The molecule has 0 radical (unpaired) electrons. The van der Waals surface area contributed by atoms with Gasteiger partial charge in [0.1, 0.15) is 17.1 Å².